The molecule has 1 aliphatic rings. The lowest BCUT2D eigenvalue weighted by Crippen LogP contribution is -2.39. The largest absolute Gasteiger partial charge is 0.416 e. The number of benzene rings is 1. The summed E-state index contributed by atoms with van der Waals surface area (Å²) in [5.74, 6) is 0. The molecule has 10 heteroatoms. The van der Waals surface area contributed by atoms with Crippen molar-refractivity contribution in [1.29, 1.82) is 5.26 Å². The summed E-state index contributed by atoms with van der Waals surface area (Å²) in [7, 11) is 1.84. The fourth-order valence-corrected chi connectivity index (χ4v) is 8.80. The zero-order valence-electron chi connectivity index (χ0n) is 18.6. The van der Waals surface area contributed by atoms with Gasteiger partial charge in [0.25, 0.3) is 8.53 Å². The van der Waals surface area contributed by atoms with Crippen LogP contribution in [0.4, 0.5) is 13.2 Å². The fourth-order valence-electron chi connectivity index (χ4n) is 3.30. The molecule has 3 atom stereocenters. The number of nitrogens with zero attached hydrogens (tertiary/aromatic N) is 2. The van der Waals surface area contributed by atoms with Crippen molar-refractivity contribution in [2.45, 2.75) is 82.3 Å². The molecule has 174 valence electrons. The molecule has 0 N–H and O–H groups in total. The van der Waals surface area contributed by atoms with Crippen molar-refractivity contribution >= 4 is 30.1 Å². The highest BCUT2D eigenvalue weighted by Gasteiger charge is 2.48. The van der Waals surface area contributed by atoms with E-state index in [0.29, 0.717) is 0 Å². The maximum absolute atomic E-state index is 13.0. The summed E-state index contributed by atoms with van der Waals surface area (Å²) in [5.41, 5.74) is 0.144. The molecule has 1 aliphatic heterocycles. The van der Waals surface area contributed by atoms with Crippen LogP contribution >= 0.6 is 30.1 Å². The minimum atomic E-state index is -4.36. The number of hydrogen-bond donors (Lipinski definition) is 0. The van der Waals surface area contributed by atoms with Crippen molar-refractivity contribution in [3.05, 3.63) is 35.4 Å². The van der Waals surface area contributed by atoms with Crippen LogP contribution in [0.1, 0.15) is 64.3 Å². The van der Waals surface area contributed by atoms with Gasteiger partial charge in [0, 0.05) is 16.8 Å². The Hall–Kier alpha value is -0.490. The van der Waals surface area contributed by atoms with E-state index in [9.17, 15) is 13.2 Å². The third-order valence-corrected chi connectivity index (χ3v) is 10.6. The van der Waals surface area contributed by atoms with Gasteiger partial charge in [0.1, 0.15) is 0 Å². The molecular formula is C21H30F3N2O2PS2. The Balaban J connectivity index is 2.31. The van der Waals surface area contributed by atoms with Gasteiger partial charge < -0.3 is 9.05 Å². The maximum Gasteiger partial charge on any atom is 0.416 e. The fraction of sp³-hybridized carbons (Fsp3) is 0.667. The van der Waals surface area contributed by atoms with E-state index in [4.69, 9.17) is 14.3 Å². The molecule has 1 aromatic carbocycles. The molecule has 1 fully saturated rings. The molecule has 1 heterocycles. The van der Waals surface area contributed by atoms with E-state index in [1.54, 1.807) is 33.7 Å². The molecule has 0 amide bonds. The first-order valence-electron chi connectivity index (χ1n) is 10.1. The van der Waals surface area contributed by atoms with Crippen molar-refractivity contribution in [1.82, 2.24) is 4.67 Å². The maximum atomic E-state index is 13.0. The van der Waals surface area contributed by atoms with Gasteiger partial charge in [-0.3, -0.25) is 0 Å². The molecule has 1 aromatic rings. The average Bonchev–Trinajstić information content (AvgIpc) is 2.95. The van der Waals surface area contributed by atoms with Crippen LogP contribution in [-0.2, 0) is 15.2 Å². The molecule has 4 nitrogen and oxygen atoms in total. The van der Waals surface area contributed by atoms with Crippen molar-refractivity contribution in [2.24, 2.45) is 0 Å². The van der Waals surface area contributed by atoms with Crippen LogP contribution in [0.15, 0.2) is 24.3 Å². The lowest BCUT2D eigenvalue weighted by molar-refractivity contribution is -0.137. The number of nitriles is 1. The second-order valence-corrected chi connectivity index (χ2v) is 12.8. The normalized spacial score (nSPS) is 22.3. The first-order valence-corrected chi connectivity index (χ1v) is 13.5. The highest BCUT2D eigenvalue weighted by molar-refractivity contribution is 8.77. The highest BCUT2D eigenvalue weighted by atomic mass is 33.1. The van der Waals surface area contributed by atoms with Gasteiger partial charge in [-0.2, -0.15) is 18.4 Å². The first kappa shape index (κ1) is 26.8. The van der Waals surface area contributed by atoms with Gasteiger partial charge in [0.15, 0.2) is 0 Å². The Morgan fingerprint density at radius 1 is 1.16 bits per heavy atom. The minimum absolute atomic E-state index is 0.131. The van der Waals surface area contributed by atoms with E-state index in [-0.39, 0.29) is 41.2 Å². The number of rotatable bonds is 9. The van der Waals surface area contributed by atoms with E-state index < -0.39 is 20.3 Å². The molecule has 0 bridgehead atoms. The third kappa shape index (κ3) is 6.99. The smallest absolute Gasteiger partial charge is 0.321 e. The summed E-state index contributed by atoms with van der Waals surface area (Å²) in [5, 5.41) is 8.78. The number of hydrogen-bond acceptors (Lipinski definition) is 6. The van der Waals surface area contributed by atoms with Gasteiger partial charge in [-0.05, 0) is 59.2 Å². The van der Waals surface area contributed by atoms with Crippen LogP contribution in [0.2, 0.25) is 0 Å². The van der Waals surface area contributed by atoms with Gasteiger partial charge in [-0.1, -0.05) is 33.7 Å². The second-order valence-electron chi connectivity index (χ2n) is 8.40. The predicted molar refractivity (Wildman–Crippen MR) is 124 cm³/mol. The number of alkyl halides is 3. The van der Waals surface area contributed by atoms with Crippen LogP contribution in [0, 0.1) is 11.3 Å². The molecule has 0 aromatic heterocycles. The molecule has 1 saturated heterocycles. The van der Waals surface area contributed by atoms with Crippen LogP contribution in [0.3, 0.4) is 0 Å². The average molecular weight is 495 g/mol. The van der Waals surface area contributed by atoms with E-state index in [1.165, 1.54) is 0 Å². The molecule has 0 aliphatic carbocycles. The lowest BCUT2D eigenvalue weighted by atomic mass is 9.97. The monoisotopic (exact) mass is 494 g/mol. The van der Waals surface area contributed by atoms with E-state index in [2.05, 4.69) is 52.3 Å². The Morgan fingerprint density at radius 3 is 2.23 bits per heavy atom. The van der Waals surface area contributed by atoms with Crippen LogP contribution in [0.5, 0.6) is 0 Å². The lowest BCUT2D eigenvalue weighted by Gasteiger charge is -2.39. The van der Waals surface area contributed by atoms with Crippen molar-refractivity contribution in [3.8, 4) is 6.07 Å². The Morgan fingerprint density at radius 2 is 1.74 bits per heavy atom. The summed E-state index contributed by atoms with van der Waals surface area (Å²) in [4.78, 5) is 0. The first-order chi connectivity index (χ1) is 14.4. The summed E-state index contributed by atoms with van der Waals surface area (Å²) in [6.45, 7) is 12.7. The topological polar surface area (TPSA) is 45.5 Å². The highest BCUT2D eigenvalue weighted by Crippen LogP contribution is 2.63. The minimum Gasteiger partial charge on any atom is -0.321 e. The van der Waals surface area contributed by atoms with Gasteiger partial charge >= 0.3 is 6.18 Å². The van der Waals surface area contributed by atoms with Crippen molar-refractivity contribution in [2.75, 3.05) is 6.61 Å². The Kier molecular flexibility index (Phi) is 9.57. The molecular weight excluding hydrogens is 464 g/mol. The molecule has 0 radical (unpaired) electrons. The van der Waals surface area contributed by atoms with Gasteiger partial charge in [0.05, 0.1) is 36.0 Å². The summed E-state index contributed by atoms with van der Waals surface area (Å²) >= 11 is 0. The summed E-state index contributed by atoms with van der Waals surface area (Å²) in [6.07, 6.45) is -4.36. The predicted octanol–water partition coefficient (Wildman–Crippen LogP) is 7.58. The van der Waals surface area contributed by atoms with Crippen LogP contribution in [0.25, 0.3) is 0 Å². The van der Waals surface area contributed by atoms with Crippen molar-refractivity contribution in [3.63, 3.8) is 0 Å². The SMILES string of the molecule is CC(C)N(C(C)C)P(OCCC#N)O[C@H]1[C@H](c2ccc(C(F)(F)F)cc2)SSC1(C)C. The van der Waals surface area contributed by atoms with Crippen LogP contribution in [-0.4, -0.2) is 34.2 Å². The van der Waals surface area contributed by atoms with E-state index in [1.807, 2.05) is 0 Å². The summed E-state index contributed by atoms with van der Waals surface area (Å²) in [6, 6.07) is 7.77. The zero-order chi connectivity index (χ0) is 23.4. The summed E-state index contributed by atoms with van der Waals surface area (Å²) < 4.78 is 53.5. The van der Waals surface area contributed by atoms with E-state index >= 15 is 0 Å². The van der Waals surface area contributed by atoms with E-state index in [0.717, 1.165) is 17.7 Å². The van der Waals surface area contributed by atoms with Gasteiger partial charge in [0.2, 0.25) is 0 Å². The second kappa shape index (κ2) is 11.1. The number of halogens is 3. The molecule has 2 rings (SSSR count). The van der Waals surface area contributed by atoms with Gasteiger partial charge in [-0.15, -0.1) is 0 Å². The molecule has 1 unspecified atom stereocenters. The molecule has 0 saturated carbocycles. The molecule has 31 heavy (non-hydrogen) atoms. The zero-order valence-corrected chi connectivity index (χ0v) is 21.2. The van der Waals surface area contributed by atoms with Gasteiger partial charge in [-0.25, -0.2) is 4.67 Å². The standard InChI is InChI=1S/C21H30F3N2O2PS2/c1-14(2)26(15(3)4)29(27-13-7-12-25)28-19-18(30-31-20(19,5)6)16-8-10-17(11-9-16)21(22,23)24/h8-11,14-15,18-19H,7,13H2,1-6H3/t18-,19-,29?/m0/s1. The van der Waals surface area contributed by atoms with Crippen molar-refractivity contribution < 1.29 is 22.2 Å². The Labute approximate surface area is 192 Å². The van der Waals surface area contributed by atoms with Crippen LogP contribution < -0.4 is 0 Å². The Bertz CT molecular complexity index is 746. The quantitative estimate of drug-likeness (QED) is 0.200. The molecule has 0 spiro atoms. The third-order valence-electron chi connectivity index (χ3n) is 4.76.